The molecule has 0 spiro atoms. The Balaban J connectivity index is 2.27. The van der Waals surface area contributed by atoms with Gasteiger partial charge in [0, 0.05) is 17.2 Å². The largest absolute Gasteiger partial charge is 0.466 e. The number of aromatic amines is 1. The van der Waals surface area contributed by atoms with Gasteiger partial charge in [-0.25, -0.2) is 0 Å². The van der Waals surface area contributed by atoms with Gasteiger partial charge in [0.15, 0.2) is 0 Å². The maximum atomic E-state index is 13.8. The summed E-state index contributed by atoms with van der Waals surface area (Å²) in [7, 11) is 0. The Bertz CT molecular complexity index is 847. The summed E-state index contributed by atoms with van der Waals surface area (Å²) < 4.78 is 51.1. The molecular formula is C18H19F3N2O4. The molecule has 0 fully saturated rings. The molecule has 0 aliphatic carbocycles. The number of carbonyl (C=O) groups is 1. The van der Waals surface area contributed by atoms with E-state index >= 15 is 0 Å². The molecule has 146 valence electrons. The Hall–Kier alpha value is -2.55. The Morgan fingerprint density at radius 2 is 1.96 bits per heavy atom. The number of nitrogens with zero attached hydrogens (tertiary/aromatic N) is 1. The summed E-state index contributed by atoms with van der Waals surface area (Å²) in [6, 6.07) is 6.67. The third-order valence-corrected chi connectivity index (χ3v) is 4.66. The van der Waals surface area contributed by atoms with Gasteiger partial charge in [0.05, 0.1) is 6.61 Å². The average molecular weight is 384 g/mol. The number of halogens is 3. The molecule has 0 bridgehead atoms. The molecular weight excluding hydrogens is 365 g/mol. The summed E-state index contributed by atoms with van der Waals surface area (Å²) in [5.74, 6) is -8.57. The molecule has 1 unspecified atom stereocenters. The van der Waals surface area contributed by atoms with Crippen molar-refractivity contribution in [2.24, 2.45) is 5.92 Å². The second kappa shape index (κ2) is 6.56. The Kier molecular flexibility index (Phi) is 4.67. The van der Waals surface area contributed by atoms with E-state index in [0.717, 1.165) is 5.56 Å². The monoisotopic (exact) mass is 384 g/mol. The van der Waals surface area contributed by atoms with Crippen molar-refractivity contribution in [2.45, 2.75) is 38.7 Å². The first kappa shape index (κ1) is 19.2. The van der Waals surface area contributed by atoms with Crippen LogP contribution in [0.4, 0.5) is 13.2 Å². The molecule has 0 saturated heterocycles. The average Bonchev–Trinajstić information content (AvgIpc) is 2.94. The summed E-state index contributed by atoms with van der Waals surface area (Å²) in [5, 5.41) is 16.8. The number of ether oxygens (including phenoxy) is 2. The van der Waals surface area contributed by atoms with Crippen molar-refractivity contribution in [3.8, 4) is 5.88 Å². The second-order valence-electron chi connectivity index (χ2n) is 6.48. The van der Waals surface area contributed by atoms with E-state index in [2.05, 4.69) is 10.2 Å². The highest BCUT2D eigenvalue weighted by Crippen LogP contribution is 2.53. The fraction of sp³-hybridized carbons (Fsp3) is 0.444. The van der Waals surface area contributed by atoms with Crippen LogP contribution in [-0.2, 0) is 9.53 Å². The maximum absolute atomic E-state index is 13.8. The van der Waals surface area contributed by atoms with Crippen molar-refractivity contribution in [3.63, 3.8) is 0 Å². The minimum atomic E-state index is -5.25. The van der Waals surface area contributed by atoms with Gasteiger partial charge in [0.25, 0.3) is 0 Å². The number of H-pyrrole nitrogens is 1. The maximum Gasteiger partial charge on any atom is 0.456 e. The van der Waals surface area contributed by atoms with Gasteiger partial charge in [-0.3, -0.25) is 9.89 Å². The van der Waals surface area contributed by atoms with E-state index in [1.807, 2.05) is 6.92 Å². The number of esters is 1. The molecule has 1 aliphatic rings. The van der Waals surface area contributed by atoms with Crippen LogP contribution in [0.25, 0.3) is 0 Å². The van der Waals surface area contributed by atoms with Gasteiger partial charge >= 0.3 is 17.9 Å². The number of carbonyl (C=O) groups excluding carboxylic acids is 1. The molecule has 3 atom stereocenters. The molecule has 0 saturated carbocycles. The first-order valence-corrected chi connectivity index (χ1v) is 8.36. The van der Waals surface area contributed by atoms with Gasteiger partial charge in [0.2, 0.25) is 5.88 Å². The normalized spacial score (nSPS) is 24.9. The fourth-order valence-corrected chi connectivity index (χ4v) is 3.36. The molecule has 2 aromatic rings. The quantitative estimate of drug-likeness (QED) is 0.795. The van der Waals surface area contributed by atoms with Crippen molar-refractivity contribution in [2.75, 3.05) is 6.61 Å². The summed E-state index contributed by atoms with van der Waals surface area (Å²) in [5.41, 5.74) is 2.03. The van der Waals surface area contributed by atoms with Crippen LogP contribution in [0, 0.1) is 19.8 Å². The lowest BCUT2D eigenvalue weighted by Gasteiger charge is -2.42. The van der Waals surface area contributed by atoms with E-state index in [-0.39, 0.29) is 12.2 Å². The molecule has 1 aliphatic heterocycles. The summed E-state index contributed by atoms with van der Waals surface area (Å²) in [4.78, 5) is 12.6. The number of fused-ring (bicyclic) bond motifs is 1. The van der Waals surface area contributed by atoms with Gasteiger partial charge in [-0.05, 0) is 26.3 Å². The van der Waals surface area contributed by atoms with Crippen molar-refractivity contribution < 1.29 is 32.5 Å². The number of hydrogen-bond acceptors (Lipinski definition) is 5. The van der Waals surface area contributed by atoms with Crippen molar-refractivity contribution in [1.82, 2.24) is 10.2 Å². The highest BCUT2D eigenvalue weighted by Gasteiger charge is 2.69. The lowest BCUT2D eigenvalue weighted by molar-refractivity contribution is -0.359. The van der Waals surface area contributed by atoms with Gasteiger partial charge in [-0.1, -0.05) is 29.8 Å². The molecule has 27 heavy (non-hydrogen) atoms. The van der Waals surface area contributed by atoms with Crippen LogP contribution in [0.5, 0.6) is 5.88 Å². The molecule has 3 rings (SSSR count). The Morgan fingerprint density at radius 3 is 2.52 bits per heavy atom. The molecule has 0 radical (unpaired) electrons. The third-order valence-electron chi connectivity index (χ3n) is 4.66. The SMILES string of the molecule is CCOC(=O)[C@@H]1[C@@H](c2ccc(C)cc2)c2c(n[nH]c2C)OC1(O)C(F)(F)F. The van der Waals surface area contributed by atoms with E-state index in [4.69, 9.17) is 9.47 Å². The zero-order valence-electron chi connectivity index (χ0n) is 14.9. The molecule has 9 heteroatoms. The number of alkyl halides is 3. The van der Waals surface area contributed by atoms with Crippen LogP contribution in [0.1, 0.15) is 35.2 Å². The van der Waals surface area contributed by atoms with Crippen molar-refractivity contribution >= 4 is 5.97 Å². The number of hydrogen-bond donors (Lipinski definition) is 2. The molecule has 0 amide bonds. The first-order valence-electron chi connectivity index (χ1n) is 8.36. The highest BCUT2D eigenvalue weighted by atomic mass is 19.4. The van der Waals surface area contributed by atoms with Gasteiger partial charge in [0.1, 0.15) is 5.92 Å². The van der Waals surface area contributed by atoms with Crippen molar-refractivity contribution in [3.05, 3.63) is 46.6 Å². The fourth-order valence-electron chi connectivity index (χ4n) is 3.36. The van der Waals surface area contributed by atoms with Crippen LogP contribution in [0.2, 0.25) is 0 Å². The number of nitrogens with one attached hydrogen (secondary N) is 1. The number of benzene rings is 1. The first-order chi connectivity index (χ1) is 12.6. The summed E-state index contributed by atoms with van der Waals surface area (Å²) in [6.45, 7) is 4.78. The van der Waals surface area contributed by atoms with Crippen LogP contribution in [-0.4, -0.2) is 39.8 Å². The smallest absolute Gasteiger partial charge is 0.456 e. The van der Waals surface area contributed by atoms with E-state index in [1.165, 1.54) is 6.92 Å². The van der Waals surface area contributed by atoms with E-state index in [0.29, 0.717) is 11.3 Å². The van der Waals surface area contributed by atoms with Gasteiger partial charge in [-0.15, -0.1) is 5.10 Å². The Labute approximate surface area is 153 Å². The number of rotatable bonds is 3. The highest BCUT2D eigenvalue weighted by molar-refractivity contribution is 5.77. The van der Waals surface area contributed by atoms with E-state index in [9.17, 15) is 23.1 Å². The second-order valence-corrected chi connectivity index (χ2v) is 6.48. The molecule has 1 aromatic carbocycles. The third kappa shape index (κ3) is 3.05. The number of aryl methyl sites for hydroxylation is 2. The summed E-state index contributed by atoms with van der Waals surface area (Å²) in [6.07, 6.45) is -5.25. The minimum Gasteiger partial charge on any atom is -0.466 e. The predicted molar refractivity (Wildman–Crippen MR) is 88.1 cm³/mol. The zero-order valence-corrected chi connectivity index (χ0v) is 14.9. The van der Waals surface area contributed by atoms with Crippen LogP contribution in [0.15, 0.2) is 24.3 Å². The zero-order chi connectivity index (χ0) is 20.0. The Morgan fingerprint density at radius 1 is 1.33 bits per heavy atom. The van der Waals surface area contributed by atoms with Crippen LogP contribution in [0.3, 0.4) is 0 Å². The van der Waals surface area contributed by atoms with Gasteiger partial charge in [-0.2, -0.15) is 13.2 Å². The molecule has 1 aromatic heterocycles. The topological polar surface area (TPSA) is 84.4 Å². The predicted octanol–water partition coefficient (Wildman–Crippen LogP) is 2.98. The van der Waals surface area contributed by atoms with E-state index in [1.54, 1.807) is 31.2 Å². The lowest BCUT2D eigenvalue weighted by atomic mass is 9.74. The molecule has 6 nitrogen and oxygen atoms in total. The van der Waals surface area contributed by atoms with Gasteiger partial charge < -0.3 is 14.6 Å². The molecule has 2 heterocycles. The minimum absolute atomic E-state index is 0.138. The van der Waals surface area contributed by atoms with E-state index < -0.39 is 35.6 Å². The van der Waals surface area contributed by atoms with Crippen LogP contribution >= 0.6 is 0 Å². The van der Waals surface area contributed by atoms with Crippen LogP contribution < -0.4 is 4.74 Å². The lowest BCUT2D eigenvalue weighted by Crippen LogP contribution is -2.62. The van der Waals surface area contributed by atoms with Crippen molar-refractivity contribution in [1.29, 1.82) is 0 Å². The standard InChI is InChI=1S/C18H19F3N2O4/c1-4-26-16(24)14-13(11-7-5-9(2)6-8-11)12-10(3)22-23-15(12)27-17(14,25)18(19,20)21/h5-8,13-14,25H,4H2,1-3H3,(H,22,23)/t13-,14-,17?/m0/s1. The summed E-state index contributed by atoms with van der Waals surface area (Å²) >= 11 is 0. The molecule has 2 N–H and O–H groups in total. The number of aromatic nitrogens is 2. The number of aliphatic hydroxyl groups is 1.